The normalized spacial score (nSPS) is 23.8. The molecule has 2 aromatic rings. The Labute approximate surface area is 194 Å². The van der Waals surface area contributed by atoms with Gasteiger partial charge in [-0.2, -0.15) is 18.4 Å². The van der Waals surface area contributed by atoms with Crippen molar-refractivity contribution in [3.05, 3.63) is 42.5 Å². The highest BCUT2D eigenvalue weighted by molar-refractivity contribution is 7.92. The molecule has 2 fully saturated rings. The molecular weight excluding hydrogens is 473 g/mol. The Bertz CT molecular complexity index is 1240. The van der Waals surface area contributed by atoms with E-state index in [-0.39, 0.29) is 18.4 Å². The highest BCUT2D eigenvalue weighted by atomic mass is 32.2. The van der Waals surface area contributed by atoms with Gasteiger partial charge < -0.3 is 10.1 Å². The number of halogens is 3. The molecule has 0 spiro atoms. The molecule has 180 valence electrons. The number of hydrogen-bond acceptors (Lipinski definition) is 7. The first-order valence-corrected chi connectivity index (χ1v) is 12.0. The van der Waals surface area contributed by atoms with Crippen LogP contribution in [0.5, 0.6) is 0 Å². The van der Waals surface area contributed by atoms with Crippen LogP contribution in [0.2, 0.25) is 0 Å². The molecule has 34 heavy (non-hydrogen) atoms. The number of benzene rings is 1. The summed E-state index contributed by atoms with van der Waals surface area (Å²) in [6.07, 6.45) is -1.21. The van der Waals surface area contributed by atoms with Crippen molar-refractivity contribution in [1.29, 1.82) is 5.26 Å². The lowest BCUT2D eigenvalue weighted by Gasteiger charge is -2.19. The average molecular weight is 494 g/mol. The predicted molar refractivity (Wildman–Crippen MR) is 113 cm³/mol. The smallest absolute Gasteiger partial charge is 0.381 e. The third-order valence-corrected chi connectivity index (χ3v) is 8.58. The summed E-state index contributed by atoms with van der Waals surface area (Å²) in [5.41, 5.74) is -1.82. The Morgan fingerprint density at radius 3 is 2.44 bits per heavy atom. The zero-order chi connectivity index (χ0) is 24.7. The Balaban J connectivity index is 1.66. The van der Waals surface area contributed by atoms with Gasteiger partial charge in [0.25, 0.3) is 0 Å². The van der Waals surface area contributed by atoms with E-state index in [2.05, 4.69) is 15.3 Å². The van der Waals surface area contributed by atoms with Crippen molar-refractivity contribution in [1.82, 2.24) is 15.3 Å². The van der Waals surface area contributed by atoms with Crippen molar-refractivity contribution < 1.29 is 31.1 Å². The van der Waals surface area contributed by atoms with Crippen molar-refractivity contribution in [2.24, 2.45) is 5.92 Å². The monoisotopic (exact) mass is 494 g/mol. The summed E-state index contributed by atoms with van der Waals surface area (Å²) in [6, 6.07) is 5.00. The van der Waals surface area contributed by atoms with E-state index in [9.17, 15) is 31.6 Å². The molecule has 2 unspecified atom stereocenters. The third kappa shape index (κ3) is 4.50. The molecule has 0 radical (unpaired) electrons. The summed E-state index contributed by atoms with van der Waals surface area (Å²) in [5.74, 6) is -1.43. The number of sulfone groups is 1. The maximum absolute atomic E-state index is 13.9. The molecular formula is C22H21F3N4O4S. The quantitative estimate of drug-likeness (QED) is 0.655. The van der Waals surface area contributed by atoms with Crippen LogP contribution >= 0.6 is 0 Å². The van der Waals surface area contributed by atoms with E-state index >= 15 is 0 Å². The summed E-state index contributed by atoms with van der Waals surface area (Å²) < 4.78 is 73.8. The standard InChI is InChI=1S/C22H21F3N4O4S/c1-33-18-8-15(7-16(18)20(30)29-21(11-26)4-5-21)34(31,32)19-3-2-13(6-17(19)22(23,24)25)14-9-27-12-28-10-14/h2-3,6,9-10,12,15-16,18H,4-5,7-8H2,1H3,(H,29,30)/t15?,16-,18?/m1/s1. The number of nitriles is 1. The van der Waals surface area contributed by atoms with Gasteiger partial charge in [-0.15, -0.1) is 0 Å². The third-order valence-electron chi connectivity index (χ3n) is 6.35. The molecule has 1 N–H and O–H groups in total. The van der Waals surface area contributed by atoms with Gasteiger partial charge in [0.1, 0.15) is 11.9 Å². The second-order valence-corrected chi connectivity index (χ2v) is 10.7. The minimum atomic E-state index is -4.94. The predicted octanol–water partition coefficient (Wildman–Crippen LogP) is 2.90. The van der Waals surface area contributed by atoms with Crippen molar-refractivity contribution >= 4 is 15.7 Å². The first-order chi connectivity index (χ1) is 16.0. The summed E-state index contributed by atoms with van der Waals surface area (Å²) >= 11 is 0. The number of alkyl halides is 3. The topological polar surface area (TPSA) is 122 Å². The highest BCUT2D eigenvalue weighted by Gasteiger charge is 2.51. The van der Waals surface area contributed by atoms with Crippen LogP contribution in [0.4, 0.5) is 13.2 Å². The molecule has 4 rings (SSSR count). The molecule has 0 bridgehead atoms. The minimum absolute atomic E-state index is 0.122. The van der Waals surface area contributed by atoms with Crippen molar-refractivity contribution in [3.8, 4) is 17.2 Å². The highest BCUT2D eigenvalue weighted by Crippen LogP contribution is 2.42. The fourth-order valence-corrected chi connectivity index (χ4v) is 6.27. The van der Waals surface area contributed by atoms with E-state index < -0.39 is 55.2 Å². The Kier molecular flexibility index (Phi) is 6.12. The van der Waals surface area contributed by atoms with Gasteiger partial charge >= 0.3 is 6.18 Å². The number of ether oxygens (including phenoxy) is 1. The second kappa shape index (κ2) is 8.63. The van der Waals surface area contributed by atoms with E-state index in [4.69, 9.17) is 4.74 Å². The van der Waals surface area contributed by atoms with E-state index in [1.807, 2.05) is 6.07 Å². The van der Waals surface area contributed by atoms with Crippen LogP contribution in [0.15, 0.2) is 41.8 Å². The number of methoxy groups -OCH3 is 1. The Morgan fingerprint density at radius 1 is 1.21 bits per heavy atom. The minimum Gasteiger partial charge on any atom is -0.381 e. The lowest BCUT2D eigenvalue weighted by Crippen LogP contribution is -2.42. The van der Waals surface area contributed by atoms with E-state index in [0.717, 1.165) is 12.1 Å². The zero-order valence-corrected chi connectivity index (χ0v) is 18.9. The van der Waals surface area contributed by atoms with E-state index in [1.165, 1.54) is 31.9 Å². The number of carbonyl (C=O) groups is 1. The molecule has 8 nitrogen and oxygen atoms in total. The van der Waals surface area contributed by atoms with E-state index in [0.29, 0.717) is 18.4 Å². The molecule has 1 heterocycles. The number of nitrogens with one attached hydrogen (secondary N) is 1. The van der Waals surface area contributed by atoms with Gasteiger partial charge in [0.15, 0.2) is 9.84 Å². The van der Waals surface area contributed by atoms with Gasteiger partial charge in [-0.25, -0.2) is 18.4 Å². The van der Waals surface area contributed by atoms with Crippen LogP contribution in [0.25, 0.3) is 11.1 Å². The first-order valence-electron chi connectivity index (χ1n) is 10.5. The van der Waals surface area contributed by atoms with Crippen LogP contribution in [-0.4, -0.2) is 48.3 Å². The molecule has 1 aromatic carbocycles. The Morgan fingerprint density at radius 2 is 1.88 bits per heavy atom. The summed E-state index contributed by atoms with van der Waals surface area (Å²) in [5, 5.41) is 10.6. The largest absolute Gasteiger partial charge is 0.417 e. The SMILES string of the molecule is COC1CC(S(=O)(=O)c2ccc(-c3cncnc3)cc2C(F)(F)F)C[C@H]1C(=O)NC1(C#N)CC1. The maximum Gasteiger partial charge on any atom is 0.417 e. The molecule has 0 aliphatic heterocycles. The fraction of sp³-hybridized carbons (Fsp3) is 0.455. The van der Waals surface area contributed by atoms with Crippen LogP contribution in [0, 0.1) is 17.2 Å². The molecule has 2 saturated carbocycles. The van der Waals surface area contributed by atoms with Crippen LogP contribution < -0.4 is 5.32 Å². The lowest BCUT2D eigenvalue weighted by atomic mass is 10.0. The van der Waals surface area contributed by atoms with Crippen LogP contribution in [0.3, 0.4) is 0 Å². The first kappa shape index (κ1) is 24.1. The van der Waals surface area contributed by atoms with Gasteiger partial charge in [0.05, 0.1) is 33.8 Å². The van der Waals surface area contributed by atoms with E-state index in [1.54, 1.807) is 0 Å². The molecule has 2 aliphatic rings. The maximum atomic E-state index is 13.9. The summed E-state index contributed by atoms with van der Waals surface area (Å²) in [6.45, 7) is 0. The Hall–Kier alpha value is -3.04. The number of aromatic nitrogens is 2. The van der Waals surface area contributed by atoms with Crippen molar-refractivity contribution in [3.63, 3.8) is 0 Å². The number of hydrogen-bond donors (Lipinski definition) is 1. The van der Waals surface area contributed by atoms with Gasteiger partial charge in [-0.1, -0.05) is 6.07 Å². The molecule has 1 amide bonds. The molecule has 0 saturated heterocycles. The van der Waals surface area contributed by atoms with Crippen molar-refractivity contribution in [2.75, 3.05) is 7.11 Å². The number of nitrogens with zero attached hydrogens (tertiary/aromatic N) is 3. The van der Waals surface area contributed by atoms with Gasteiger partial charge in [0, 0.05) is 25.1 Å². The van der Waals surface area contributed by atoms with Crippen LogP contribution in [0.1, 0.15) is 31.2 Å². The number of amides is 1. The van der Waals surface area contributed by atoms with Gasteiger partial charge in [-0.05, 0) is 43.4 Å². The van der Waals surface area contributed by atoms with Crippen molar-refractivity contribution in [2.45, 2.75) is 53.6 Å². The fourth-order valence-electron chi connectivity index (χ4n) is 4.27. The zero-order valence-electron chi connectivity index (χ0n) is 18.0. The molecule has 1 aromatic heterocycles. The average Bonchev–Trinajstić information content (AvgIpc) is 3.44. The second-order valence-electron chi connectivity index (χ2n) is 8.54. The molecule has 12 heteroatoms. The summed E-state index contributed by atoms with van der Waals surface area (Å²) in [7, 11) is -3.16. The molecule has 2 aliphatic carbocycles. The number of rotatable bonds is 6. The van der Waals surface area contributed by atoms with Gasteiger partial charge in [0.2, 0.25) is 5.91 Å². The number of carbonyl (C=O) groups excluding carboxylic acids is 1. The molecule has 3 atom stereocenters. The summed E-state index contributed by atoms with van der Waals surface area (Å²) in [4.78, 5) is 19.5. The van der Waals surface area contributed by atoms with Gasteiger partial charge in [-0.3, -0.25) is 4.79 Å². The van der Waals surface area contributed by atoms with Crippen LogP contribution in [-0.2, 0) is 25.5 Å². The lowest BCUT2D eigenvalue weighted by molar-refractivity contribution is -0.139.